The molecular weight excluding hydrogens is 287 g/mol. The van der Waals surface area contributed by atoms with E-state index < -0.39 is 12.8 Å². The zero-order valence-corrected chi connectivity index (χ0v) is 11.3. The van der Waals surface area contributed by atoms with Gasteiger partial charge in [0.2, 0.25) is 0 Å². The number of nitrogens with zero attached hydrogens (tertiary/aromatic N) is 1. The lowest BCUT2D eigenvalue weighted by Crippen LogP contribution is -2.18. The minimum atomic E-state index is -4.29. The number of ether oxygens (including phenoxy) is 2. The molecule has 1 aromatic rings. The van der Waals surface area contributed by atoms with Crippen LogP contribution in [0.15, 0.2) is 23.4 Å². The Morgan fingerprint density at radius 2 is 2.00 bits per heavy atom. The minimum absolute atomic E-state index is 0.00210. The Kier molecular flexibility index (Phi) is 5.06. The molecule has 0 aromatic heterocycles. The molecular formula is C14H16F3NO3. The molecule has 0 radical (unpaired) electrons. The minimum Gasteiger partial charge on any atom is -0.493 e. The van der Waals surface area contributed by atoms with Crippen LogP contribution in [0.25, 0.3) is 0 Å². The average molecular weight is 303 g/mol. The van der Waals surface area contributed by atoms with Gasteiger partial charge < -0.3 is 14.7 Å². The molecule has 0 saturated heterocycles. The lowest BCUT2D eigenvalue weighted by Gasteiger charge is -2.11. The SMILES string of the molecule is ON=C1CCc2c(OCCCOCC(F)(F)F)cccc21. The van der Waals surface area contributed by atoms with Crippen molar-refractivity contribution in [3.63, 3.8) is 0 Å². The highest BCUT2D eigenvalue weighted by molar-refractivity contribution is 6.04. The summed E-state index contributed by atoms with van der Waals surface area (Å²) in [7, 11) is 0. The zero-order chi connectivity index (χ0) is 15.3. The Bertz CT molecular complexity index is 515. The number of hydrogen-bond acceptors (Lipinski definition) is 4. The number of oxime groups is 1. The van der Waals surface area contributed by atoms with Crippen LogP contribution in [0.4, 0.5) is 13.2 Å². The molecule has 0 unspecified atom stereocenters. The Morgan fingerprint density at radius 3 is 2.71 bits per heavy atom. The molecule has 0 atom stereocenters. The molecule has 0 spiro atoms. The second kappa shape index (κ2) is 6.80. The largest absolute Gasteiger partial charge is 0.493 e. The lowest BCUT2D eigenvalue weighted by molar-refractivity contribution is -0.174. The summed E-state index contributed by atoms with van der Waals surface area (Å²) in [5.74, 6) is 0.682. The molecule has 0 bridgehead atoms. The molecule has 2 rings (SSSR count). The summed E-state index contributed by atoms with van der Waals surface area (Å²) in [6.45, 7) is -0.956. The summed E-state index contributed by atoms with van der Waals surface area (Å²) in [6.07, 6.45) is -2.53. The van der Waals surface area contributed by atoms with Crippen molar-refractivity contribution in [2.45, 2.75) is 25.4 Å². The van der Waals surface area contributed by atoms with E-state index in [1.54, 1.807) is 12.1 Å². The van der Waals surface area contributed by atoms with Gasteiger partial charge in [-0.3, -0.25) is 0 Å². The number of halogens is 3. The molecule has 0 heterocycles. The number of benzene rings is 1. The average Bonchev–Trinajstić information content (AvgIpc) is 2.85. The van der Waals surface area contributed by atoms with Crippen molar-refractivity contribution in [1.29, 1.82) is 0 Å². The monoisotopic (exact) mass is 303 g/mol. The Balaban J connectivity index is 1.79. The van der Waals surface area contributed by atoms with Gasteiger partial charge in [0, 0.05) is 17.5 Å². The quantitative estimate of drug-likeness (QED) is 0.499. The molecule has 0 aliphatic heterocycles. The molecule has 1 aromatic carbocycles. The molecule has 0 amide bonds. The standard InChI is InChI=1S/C14H16F3NO3/c15-14(16,17)9-20-7-2-8-21-13-4-1-3-10-11(13)5-6-12(10)18-19/h1,3-4,19H,2,5-9H2. The summed E-state index contributed by atoms with van der Waals surface area (Å²) in [4.78, 5) is 0. The maximum absolute atomic E-state index is 11.9. The zero-order valence-electron chi connectivity index (χ0n) is 11.3. The van der Waals surface area contributed by atoms with Crippen molar-refractivity contribution in [3.8, 4) is 5.75 Å². The number of hydrogen-bond donors (Lipinski definition) is 1. The van der Waals surface area contributed by atoms with Crippen LogP contribution in [-0.4, -0.2) is 36.9 Å². The normalized spacial score (nSPS) is 16.2. The van der Waals surface area contributed by atoms with Crippen molar-refractivity contribution in [1.82, 2.24) is 0 Å². The second-order valence-corrected chi connectivity index (χ2v) is 4.70. The first-order valence-corrected chi connectivity index (χ1v) is 6.62. The van der Waals surface area contributed by atoms with Gasteiger partial charge in [0.1, 0.15) is 12.4 Å². The van der Waals surface area contributed by atoms with E-state index in [1.165, 1.54) is 0 Å². The van der Waals surface area contributed by atoms with Gasteiger partial charge in [-0.2, -0.15) is 13.2 Å². The van der Waals surface area contributed by atoms with E-state index in [4.69, 9.17) is 9.94 Å². The van der Waals surface area contributed by atoms with Crippen LogP contribution >= 0.6 is 0 Å². The van der Waals surface area contributed by atoms with Crippen LogP contribution in [0.1, 0.15) is 24.0 Å². The van der Waals surface area contributed by atoms with Gasteiger partial charge in [-0.15, -0.1) is 0 Å². The van der Waals surface area contributed by atoms with Gasteiger partial charge in [-0.1, -0.05) is 17.3 Å². The predicted octanol–water partition coefficient (Wildman–Crippen LogP) is 3.16. The van der Waals surface area contributed by atoms with Gasteiger partial charge >= 0.3 is 6.18 Å². The van der Waals surface area contributed by atoms with Crippen LogP contribution in [0.3, 0.4) is 0 Å². The van der Waals surface area contributed by atoms with Crippen LogP contribution < -0.4 is 4.74 Å². The molecule has 1 aliphatic rings. The van der Waals surface area contributed by atoms with E-state index in [0.717, 1.165) is 17.5 Å². The van der Waals surface area contributed by atoms with Gasteiger partial charge in [0.05, 0.1) is 18.9 Å². The second-order valence-electron chi connectivity index (χ2n) is 4.70. The summed E-state index contributed by atoms with van der Waals surface area (Å²) >= 11 is 0. The van der Waals surface area contributed by atoms with Crippen molar-refractivity contribution >= 4 is 5.71 Å². The van der Waals surface area contributed by atoms with E-state index in [0.29, 0.717) is 24.3 Å². The predicted molar refractivity (Wildman–Crippen MR) is 70.1 cm³/mol. The van der Waals surface area contributed by atoms with E-state index in [1.807, 2.05) is 6.07 Å². The van der Waals surface area contributed by atoms with Gasteiger partial charge in [0.25, 0.3) is 0 Å². The Morgan fingerprint density at radius 1 is 1.19 bits per heavy atom. The lowest BCUT2D eigenvalue weighted by atomic mass is 10.1. The van der Waals surface area contributed by atoms with E-state index in [2.05, 4.69) is 9.89 Å². The maximum Gasteiger partial charge on any atom is 0.411 e. The van der Waals surface area contributed by atoms with E-state index in [9.17, 15) is 13.2 Å². The highest BCUT2D eigenvalue weighted by Crippen LogP contribution is 2.31. The van der Waals surface area contributed by atoms with Crippen molar-refractivity contribution in [2.24, 2.45) is 5.16 Å². The van der Waals surface area contributed by atoms with Gasteiger partial charge in [-0.05, 0) is 18.9 Å². The van der Waals surface area contributed by atoms with Crippen LogP contribution in [0.5, 0.6) is 5.75 Å². The number of fused-ring (bicyclic) bond motifs is 1. The number of alkyl halides is 3. The molecule has 7 heteroatoms. The molecule has 4 nitrogen and oxygen atoms in total. The fraction of sp³-hybridized carbons (Fsp3) is 0.500. The summed E-state index contributed by atoms with van der Waals surface area (Å²) in [5, 5.41) is 12.1. The topological polar surface area (TPSA) is 51.1 Å². The molecule has 1 aliphatic carbocycles. The van der Waals surface area contributed by atoms with Crippen LogP contribution in [0.2, 0.25) is 0 Å². The highest BCUT2D eigenvalue weighted by atomic mass is 19.4. The molecule has 0 saturated carbocycles. The third-order valence-corrected chi connectivity index (χ3v) is 3.13. The highest BCUT2D eigenvalue weighted by Gasteiger charge is 2.27. The summed E-state index contributed by atoms with van der Waals surface area (Å²) < 4.78 is 45.7. The molecule has 116 valence electrons. The van der Waals surface area contributed by atoms with E-state index in [-0.39, 0.29) is 13.2 Å². The van der Waals surface area contributed by atoms with Crippen LogP contribution in [-0.2, 0) is 11.2 Å². The fourth-order valence-electron chi connectivity index (χ4n) is 2.24. The van der Waals surface area contributed by atoms with Crippen LogP contribution in [0, 0.1) is 0 Å². The van der Waals surface area contributed by atoms with Crippen molar-refractivity contribution in [2.75, 3.05) is 19.8 Å². The first kappa shape index (κ1) is 15.6. The van der Waals surface area contributed by atoms with Gasteiger partial charge in [0.15, 0.2) is 0 Å². The van der Waals surface area contributed by atoms with Crippen molar-refractivity contribution in [3.05, 3.63) is 29.3 Å². The third-order valence-electron chi connectivity index (χ3n) is 3.13. The summed E-state index contributed by atoms with van der Waals surface area (Å²) in [5.41, 5.74) is 2.47. The third kappa shape index (κ3) is 4.35. The first-order chi connectivity index (χ1) is 10.0. The Hall–Kier alpha value is -1.76. The molecule has 0 fully saturated rings. The van der Waals surface area contributed by atoms with Crippen molar-refractivity contribution < 1.29 is 27.9 Å². The maximum atomic E-state index is 11.9. The molecule has 1 N–H and O–H groups in total. The van der Waals surface area contributed by atoms with E-state index >= 15 is 0 Å². The smallest absolute Gasteiger partial charge is 0.411 e. The first-order valence-electron chi connectivity index (χ1n) is 6.62. The Labute approximate surface area is 120 Å². The summed E-state index contributed by atoms with van der Waals surface area (Å²) in [6, 6.07) is 5.46. The number of rotatable bonds is 6. The fourth-order valence-corrected chi connectivity index (χ4v) is 2.24. The molecule has 21 heavy (non-hydrogen) atoms. The van der Waals surface area contributed by atoms with Gasteiger partial charge in [-0.25, -0.2) is 0 Å².